The molecule has 2 unspecified atom stereocenters. The normalized spacial score (nSPS) is 30.6. The third kappa shape index (κ3) is 4.60. The van der Waals surface area contributed by atoms with Gasteiger partial charge < -0.3 is 29.2 Å². The fourth-order valence-electron chi connectivity index (χ4n) is 3.62. The molecule has 2 heterocycles. The maximum absolute atomic E-state index is 11.1. The summed E-state index contributed by atoms with van der Waals surface area (Å²) >= 11 is 0. The van der Waals surface area contributed by atoms with Crippen molar-refractivity contribution in [2.45, 2.75) is 37.0 Å². The standard InChI is InChI=1S/C20H20N2O10/c23-15-9-29-19(11-3-1-5-13(7-11)21(25)26)31-17-16(24)10-30-20(32-18(15)17)12-4-2-6-14(8-12)22(27)28/h1-8,15-20,23-24H,9-10H2/t15-,16+,17-,18-,19?,20?/m0/s1. The minimum absolute atomic E-state index is 0.164. The lowest BCUT2D eigenvalue weighted by molar-refractivity contribution is -0.385. The predicted octanol–water partition coefficient (Wildman–Crippen LogP) is 1.75. The largest absolute Gasteiger partial charge is 0.388 e. The number of non-ortho nitro benzene ring substituents is 2. The number of fused-ring (bicyclic) bond motifs is 1. The van der Waals surface area contributed by atoms with E-state index in [1.165, 1.54) is 36.4 Å². The molecular formula is C20H20N2O10. The van der Waals surface area contributed by atoms with Gasteiger partial charge in [-0.25, -0.2) is 0 Å². The molecule has 0 spiro atoms. The van der Waals surface area contributed by atoms with E-state index >= 15 is 0 Å². The Morgan fingerprint density at radius 1 is 0.750 bits per heavy atom. The van der Waals surface area contributed by atoms with Gasteiger partial charge in [-0.05, 0) is 0 Å². The second-order valence-electron chi connectivity index (χ2n) is 7.37. The van der Waals surface area contributed by atoms with Crippen LogP contribution < -0.4 is 0 Å². The number of aliphatic hydroxyl groups excluding tert-OH is 2. The average molecular weight is 448 g/mol. The van der Waals surface area contributed by atoms with E-state index in [0.717, 1.165) is 0 Å². The van der Waals surface area contributed by atoms with Crippen LogP contribution in [0.3, 0.4) is 0 Å². The van der Waals surface area contributed by atoms with Crippen molar-refractivity contribution in [2.24, 2.45) is 0 Å². The Hall–Kier alpha value is -3.00. The van der Waals surface area contributed by atoms with E-state index in [1.807, 2.05) is 0 Å². The molecule has 2 fully saturated rings. The fraction of sp³-hybridized carbons (Fsp3) is 0.400. The van der Waals surface area contributed by atoms with Crippen LogP contribution in [0.4, 0.5) is 11.4 Å². The lowest BCUT2D eigenvalue weighted by atomic mass is 10.0. The van der Waals surface area contributed by atoms with Gasteiger partial charge in [0.1, 0.15) is 24.4 Å². The van der Waals surface area contributed by atoms with Crippen LogP contribution in [0, 0.1) is 20.2 Å². The van der Waals surface area contributed by atoms with Gasteiger partial charge in [0.25, 0.3) is 11.4 Å². The van der Waals surface area contributed by atoms with Crippen molar-refractivity contribution in [3.05, 3.63) is 79.9 Å². The second kappa shape index (κ2) is 9.24. The zero-order valence-electron chi connectivity index (χ0n) is 16.6. The van der Waals surface area contributed by atoms with E-state index in [-0.39, 0.29) is 24.6 Å². The molecule has 2 aromatic carbocycles. The molecule has 2 aromatic rings. The van der Waals surface area contributed by atoms with Gasteiger partial charge in [-0.15, -0.1) is 0 Å². The Labute approximate surface area is 181 Å². The van der Waals surface area contributed by atoms with Crippen molar-refractivity contribution >= 4 is 11.4 Å². The molecule has 0 aliphatic carbocycles. The predicted molar refractivity (Wildman–Crippen MR) is 105 cm³/mol. The molecule has 2 aliphatic heterocycles. The summed E-state index contributed by atoms with van der Waals surface area (Å²) in [5.41, 5.74) is 0.338. The molecule has 0 amide bonds. The van der Waals surface area contributed by atoms with Crippen LogP contribution in [-0.4, -0.2) is 57.7 Å². The molecule has 6 atom stereocenters. The minimum atomic E-state index is -1.23. The third-order valence-electron chi connectivity index (χ3n) is 5.19. The first-order valence-corrected chi connectivity index (χ1v) is 9.72. The van der Waals surface area contributed by atoms with Crippen LogP contribution in [0.2, 0.25) is 0 Å². The molecule has 2 aliphatic rings. The highest BCUT2D eigenvalue weighted by Gasteiger charge is 2.45. The van der Waals surface area contributed by atoms with Crippen LogP contribution in [-0.2, 0) is 18.9 Å². The topological polar surface area (TPSA) is 164 Å². The van der Waals surface area contributed by atoms with Crippen molar-refractivity contribution in [3.8, 4) is 0 Å². The molecule has 2 N–H and O–H groups in total. The highest BCUT2D eigenvalue weighted by molar-refractivity contribution is 5.35. The Morgan fingerprint density at radius 2 is 1.16 bits per heavy atom. The van der Waals surface area contributed by atoms with Crippen LogP contribution >= 0.6 is 0 Å². The lowest BCUT2D eigenvalue weighted by Crippen LogP contribution is -2.46. The first-order valence-electron chi connectivity index (χ1n) is 9.72. The molecule has 4 rings (SSSR count). The maximum Gasteiger partial charge on any atom is 0.269 e. The van der Waals surface area contributed by atoms with Crippen LogP contribution in [0.15, 0.2) is 48.5 Å². The number of hydrogen-bond donors (Lipinski definition) is 2. The van der Waals surface area contributed by atoms with Crippen LogP contribution in [0.1, 0.15) is 23.7 Å². The molecule has 2 saturated heterocycles. The Balaban J connectivity index is 1.59. The fourth-order valence-corrected chi connectivity index (χ4v) is 3.62. The molecule has 0 radical (unpaired) electrons. The van der Waals surface area contributed by atoms with Gasteiger partial charge in [0.05, 0.1) is 23.1 Å². The van der Waals surface area contributed by atoms with E-state index in [0.29, 0.717) is 11.1 Å². The lowest BCUT2D eigenvalue weighted by Gasteiger charge is -2.29. The summed E-state index contributed by atoms with van der Waals surface area (Å²) in [6, 6.07) is 11.3. The molecular weight excluding hydrogens is 428 g/mol. The number of aliphatic hydroxyl groups is 2. The van der Waals surface area contributed by atoms with Crippen molar-refractivity contribution in [2.75, 3.05) is 13.2 Å². The Morgan fingerprint density at radius 3 is 1.53 bits per heavy atom. The van der Waals surface area contributed by atoms with E-state index in [9.17, 15) is 30.4 Å². The van der Waals surface area contributed by atoms with Gasteiger partial charge >= 0.3 is 0 Å². The maximum atomic E-state index is 11.1. The van der Waals surface area contributed by atoms with Gasteiger partial charge in [0.15, 0.2) is 12.6 Å². The van der Waals surface area contributed by atoms with Crippen molar-refractivity contribution in [1.29, 1.82) is 0 Å². The first kappa shape index (κ1) is 22.2. The number of nitro benzene ring substituents is 2. The van der Waals surface area contributed by atoms with Crippen molar-refractivity contribution in [3.63, 3.8) is 0 Å². The summed E-state index contributed by atoms with van der Waals surface area (Å²) in [4.78, 5) is 21.1. The molecule has 32 heavy (non-hydrogen) atoms. The first-order chi connectivity index (χ1) is 15.3. The van der Waals surface area contributed by atoms with E-state index in [2.05, 4.69) is 0 Å². The van der Waals surface area contributed by atoms with E-state index in [4.69, 9.17) is 18.9 Å². The van der Waals surface area contributed by atoms with Crippen LogP contribution in [0.25, 0.3) is 0 Å². The number of ether oxygens (including phenoxy) is 4. The number of rotatable bonds is 4. The Bertz CT molecular complexity index is 922. The van der Waals surface area contributed by atoms with Gasteiger partial charge in [0, 0.05) is 35.4 Å². The summed E-state index contributed by atoms with van der Waals surface area (Å²) in [7, 11) is 0. The zero-order chi connectivity index (χ0) is 22.8. The minimum Gasteiger partial charge on any atom is -0.388 e. The number of nitrogens with zero attached hydrogens (tertiary/aromatic N) is 2. The smallest absolute Gasteiger partial charge is 0.269 e. The molecule has 0 saturated carbocycles. The monoisotopic (exact) mass is 448 g/mol. The van der Waals surface area contributed by atoms with Crippen LogP contribution in [0.5, 0.6) is 0 Å². The van der Waals surface area contributed by atoms with Gasteiger partial charge in [-0.2, -0.15) is 0 Å². The average Bonchev–Trinajstić information content (AvgIpc) is 3.05. The summed E-state index contributed by atoms with van der Waals surface area (Å²) in [6.45, 7) is -0.494. The SMILES string of the molecule is O=[N+]([O-])c1cccc(C2OC[C@H](O)[C@@H]3OC(c4cccc([N+](=O)[O-])c4)OC[C@@H](O)[C@@H]3O2)c1. The Kier molecular flexibility index (Phi) is 6.41. The molecule has 0 bridgehead atoms. The second-order valence-corrected chi connectivity index (χ2v) is 7.37. The highest BCUT2D eigenvalue weighted by Crippen LogP contribution is 2.36. The van der Waals surface area contributed by atoms with Gasteiger partial charge in [0.2, 0.25) is 0 Å². The van der Waals surface area contributed by atoms with Gasteiger partial charge in [-0.1, -0.05) is 24.3 Å². The van der Waals surface area contributed by atoms with Crippen molar-refractivity contribution in [1.82, 2.24) is 0 Å². The quantitative estimate of drug-likeness (QED) is 0.520. The van der Waals surface area contributed by atoms with Gasteiger partial charge in [-0.3, -0.25) is 20.2 Å². The molecule has 12 heteroatoms. The summed E-state index contributed by atoms with van der Waals surface area (Å²) < 4.78 is 22.9. The number of nitro groups is 2. The summed E-state index contributed by atoms with van der Waals surface area (Å²) in [5, 5.41) is 43.4. The number of benzene rings is 2. The molecule has 170 valence electrons. The number of hydrogen-bond acceptors (Lipinski definition) is 10. The molecule has 12 nitrogen and oxygen atoms in total. The summed E-state index contributed by atoms with van der Waals surface area (Å²) in [5.74, 6) is 0. The van der Waals surface area contributed by atoms with E-state index in [1.54, 1.807) is 12.1 Å². The summed E-state index contributed by atoms with van der Waals surface area (Å²) in [6.07, 6.45) is -6.87. The zero-order valence-corrected chi connectivity index (χ0v) is 16.6. The third-order valence-corrected chi connectivity index (χ3v) is 5.19. The van der Waals surface area contributed by atoms with E-state index < -0.39 is 46.8 Å². The highest BCUT2D eigenvalue weighted by atomic mass is 16.7. The molecule has 0 aromatic heterocycles. The van der Waals surface area contributed by atoms with Crippen molar-refractivity contribution < 1.29 is 39.0 Å².